The topological polar surface area (TPSA) is 79.6 Å². The van der Waals surface area contributed by atoms with Gasteiger partial charge in [0.2, 0.25) is 0 Å². The van der Waals surface area contributed by atoms with Crippen LogP contribution in [0.1, 0.15) is 5.56 Å². The molecule has 0 saturated carbocycles. The lowest BCUT2D eigenvalue weighted by atomic mass is 10.1. The van der Waals surface area contributed by atoms with Crippen molar-refractivity contribution in [2.24, 2.45) is 0 Å². The molecule has 0 aliphatic heterocycles. The second kappa shape index (κ2) is 4.36. The minimum absolute atomic E-state index is 0.136. The van der Waals surface area contributed by atoms with Gasteiger partial charge in [-0.05, 0) is 29.8 Å². The first-order valence-corrected chi connectivity index (χ1v) is 7.30. The average molecular weight is 304 g/mol. The van der Waals surface area contributed by atoms with Gasteiger partial charge in [-0.2, -0.15) is 0 Å². The first-order chi connectivity index (χ1) is 11.3. The zero-order valence-corrected chi connectivity index (χ0v) is 12.0. The second-order valence-electron chi connectivity index (χ2n) is 5.57. The highest BCUT2D eigenvalue weighted by molar-refractivity contribution is 6.00. The Balaban J connectivity index is 1.73. The van der Waals surface area contributed by atoms with Crippen molar-refractivity contribution in [3.05, 3.63) is 65.0 Å². The van der Waals surface area contributed by atoms with E-state index in [0.717, 1.165) is 38.6 Å². The number of nitrogens with one attached hydrogen (secondary N) is 2. The van der Waals surface area contributed by atoms with Gasteiger partial charge in [-0.1, -0.05) is 6.07 Å². The second-order valence-corrected chi connectivity index (χ2v) is 5.57. The van der Waals surface area contributed by atoms with E-state index in [0.29, 0.717) is 6.54 Å². The Kier molecular flexibility index (Phi) is 2.33. The van der Waals surface area contributed by atoms with Gasteiger partial charge in [0.15, 0.2) is 0 Å². The Labute approximate surface area is 129 Å². The third kappa shape index (κ3) is 1.75. The number of hydrogen-bond donors (Lipinski definition) is 2. The van der Waals surface area contributed by atoms with Gasteiger partial charge in [-0.25, -0.2) is 9.78 Å². The summed E-state index contributed by atoms with van der Waals surface area (Å²) in [7, 11) is 0. The number of imidazole rings is 1. The predicted octanol–water partition coefficient (Wildman–Crippen LogP) is 3.00. The van der Waals surface area contributed by atoms with Crippen LogP contribution in [0.25, 0.3) is 33.0 Å². The number of aromatic amines is 2. The van der Waals surface area contributed by atoms with Crippen molar-refractivity contribution in [2.75, 3.05) is 0 Å². The Morgan fingerprint density at radius 2 is 2.17 bits per heavy atom. The molecule has 0 bridgehead atoms. The van der Waals surface area contributed by atoms with E-state index in [1.54, 1.807) is 17.0 Å². The quantitative estimate of drug-likeness (QED) is 0.526. The van der Waals surface area contributed by atoms with Gasteiger partial charge in [-0.15, -0.1) is 0 Å². The zero-order valence-electron chi connectivity index (χ0n) is 12.0. The zero-order chi connectivity index (χ0) is 15.4. The molecule has 0 amide bonds. The number of pyridine rings is 1. The molecule has 4 aromatic heterocycles. The van der Waals surface area contributed by atoms with Crippen molar-refractivity contribution >= 4 is 33.0 Å². The van der Waals surface area contributed by atoms with E-state index in [-0.39, 0.29) is 5.69 Å². The van der Waals surface area contributed by atoms with Crippen LogP contribution in [0.15, 0.2) is 58.2 Å². The van der Waals surface area contributed by atoms with Crippen LogP contribution in [0, 0.1) is 0 Å². The minimum Gasteiger partial charge on any atom is -0.464 e. The number of fused-ring (bicyclic) bond motifs is 4. The third-order valence-corrected chi connectivity index (χ3v) is 4.17. The maximum Gasteiger partial charge on any atom is 0.326 e. The number of benzene rings is 1. The van der Waals surface area contributed by atoms with Crippen LogP contribution < -0.4 is 5.69 Å². The molecule has 112 valence electrons. The average Bonchev–Trinajstić information content (AvgIpc) is 3.25. The van der Waals surface area contributed by atoms with Gasteiger partial charge in [0.1, 0.15) is 11.2 Å². The molecule has 0 aliphatic carbocycles. The number of furan rings is 1. The van der Waals surface area contributed by atoms with Crippen molar-refractivity contribution in [1.82, 2.24) is 19.5 Å². The number of nitrogens with zero attached hydrogens (tertiary/aromatic N) is 2. The lowest BCUT2D eigenvalue weighted by Gasteiger charge is -2.05. The fraction of sp³-hybridized carbons (Fsp3) is 0.0588. The summed E-state index contributed by atoms with van der Waals surface area (Å²) in [5.41, 5.74) is 4.14. The first-order valence-electron chi connectivity index (χ1n) is 7.30. The van der Waals surface area contributed by atoms with E-state index in [2.05, 4.69) is 15.0 Å². The Morgan fingerprint density at radius 3 is 3.13 bits per heavy atom. The smallest absolute Gasteiger partial charge is 0.326 e. The van der Waals surface area contributed by atoms with Crippen molar-refractivity contribution in [1.29, 1.82) is 0 Å². The van der Waals surface area contributed by atoms with Crippen molar-refractivity contribution < 1.29 is 4.42 Å². The van der Waals surface area contributed by atoms with E-state index >= 15 is 0 Å². The molecule has 6 heteroatoms. The van der Waals surface area contributed by atoms with Gasteiger partial charge in [0.25, 0.3) is 0 Å². The third-order valence-electron chi connectivity index (χ3n) is 4.17. The van der Waals surface area contributed by atoms with Crippen LogP contribution in [0.4, 0.5) is 0 Å². The summed E-state index contributed by atoms with van der Waals surface area (Å²) >= 11 is 0. The Bertz CT molecular complexity index is 1220. The molecular formula is C17H12N4O2. The molecule has 4 heterocycles. The molecule has 2 N–H and O–H groups in total. The summed E-state index contributed by atoms with van der Waals surface area (Å²) in [5.74, 6) is 0. The predicted molar refractivity (Wildman–Crippen MR) is 87.5 cm³/mol. The standard InChI is InChI=1S/C17H12N4O2/c22-17-20-13-8-19-16-12(3-5-18-16)15(13)21(17)9-10-1-2-14-11(7-10)4-6-23-14/h1-8H,9H2,(H,18,19)(H,20,22). The van der Waals surface area contributed by atoms with E-state index in [1.807, 2.05) is 36.5 Å². The molecule has 0 spiro atoms. The highest BCUT2D eigenvalue weighted by Crippen LogP contribution is 2.22. The number of H-pyrrole nitrogens is 2. The summed E-state index contributed by atoms with van der Waals surface area (Å²) in [4.78, 5) is 22.6. The number of rotatable bonds is 2. The lowest BCUT2D eigenvalue weighted by molar-refractivity contribution is 0.615. The fourth-order valence-corrected chi connectivity index (χ4v) is 3.11. The van der Waals surface area contributed by atoms with Gasteiger partial charge >= 0.3 is 5.69 Å². The van der Waals surface area contributed by atoms with Gasteiger partial charge in [0, 0.05) is 17.0 Å². The summed E-state index contributed by atoms with van der Waals surface area (Å²) in [6.07, 6.45) is 5.18. The monoisotopic (exact) mass is 304 g/mol. The molecule has 23 heavy (non-hydrogen) atoms. The van der Waals surface area contributed by atoms with Gasteiger partial charge in [0.05, 0.1) is 30.0 Å². The molecule has 0 radical (unpaired) electrons. The van der Waals surface area contributed by atoms with Crippen molar-refractivity contribution in [3.63, 3.8) is 0 Å². The molecule has 0 atom stereocenters. The molecule has 0 saturated heterocycles. The van der Waals surface area contributed by atoms with Gasteiger partial charge < -0.3 is 14.4 Å². The molecule has 0 fully saturated rings. The molecule has 1 aromatic carbocycles. The minimum atomic E-state index is -0.136. The van der Waals surface area contributed by atoms with Crippen LogP contribution in [-0.2, 0) is 6.54 Å². The van der Waals surface area contributed by atoms with Crippen LogP contribution >= 0.6 is 0 Å². The SMILES string of the molecule is O=c1[nH]c2cnc3[nH]ccc3c2n1Cc1ccc2occc2c1. The van der Waals surface area contributed by atoms with Crippen molar-refractivity contribution in [2.45, 2.75) is 6.54 Å². The molecule has 5 aromatic rings. The maximum absolute atomic E-state index is 12.4. The van der Waals surface area contributed by atoms with E-state index < -0.39 is 0 Å². The summed E-state index contributed by atoms with van der Waals surface area (Å²) < 4.78 is 7.11. The highest BCUT2D eigenvalue weighted by Gasteiger charge is 2.12. The van der Waals surface area contributed by atoms with Crippen LogP contribution in [0.3, 0.4) is 0 Å². The summed E-state index contributed by atoms with van der Waals surface area (Å²) in [5, 5.41) is 1.97. The molecular weight excluding hydrogens is 292 g/mol. The highest BCUT2D eigenvalue weighted by atomic mass is 16.3. The maximum atomic E-state index is 12.4. The van der Waals surface area contributed by atoms with E-state index in [1.165, 1.54) is 0 Å². The normalized spacial score (nSPS) is 11.8. The van der Waals surface area contributed by atoms with Gasteiger partial charge in [-0.3, -0.25) is 4.57 Å². The fourth-order valence-electron chi connectivity index (χ4n) is 3.11. The molecule has 0 unspecified atom stereocenters. The Morgan fingerprint density at radius 1 is 1.22 bits per heavy atom. The lowest BCUT2D eigenvalue weighted by Crippen LogP contribution is -2.17. The molecule has 5 rings (SSSR count). The van der Waals surface area contributed by atoms with Crippen LogP contribution in [-0.4, -0.2) is 19.5 Å². The summed E-state index contributed by atoms with van der Waals surface area (Å²) in [6, 6.07) is 9.81. The molecule has 0 aliphatic rings. The summed E-state index contributed by atoms with van der Waals surface area (Å²) in [6.45, 7) is 0.490. The largest absolute Gasteiger partial charge is 0.464 e. The number of hydrogen-bond acceptors (Lipinski definition) is 3. The van der Waals surface area contributed by atoms with E-state index in [4.69, 9.17) is 4.42 Å². The first kappa shape index (κ1) is 12.3. The van der Waals surface area contributed by atoms with Crippen molar-refractivity contribution in [3.8, 4) is 0 Å². The molecule has 6 nitrogen and oxygen atoms in total. The van der Waals surface area contributed by atoms with E-state index in [9.17, 15) is 4.79 Å². The Hall–Kier alpha value is -3.28. The van der Waals surface area contributed by atoms with Crippen LogP contribution in [0.5, 0.6) is 0 Å². The van der Waals surface area contributed by atoms with Crippen LogP contribution in [0.2, 0.25) is 0 Å². The number of aromatic nitrogens is 4.